The third kappa shape index (κ3) is 2.77. The Hall–Kier alpha value is -1.62. The first-order chi connectivity index (χ1) is 9.74. The number of rotatable bonds is 4. The molecule has 2 N–H and O–H groups in total. The van der Waals surface area contributed by atoms with Crippen LogP contribution in [0.25, 0.3) is 0 Å². The second-order valence-corrected chi connectivity index (χ2v) is 6.34. The largest absolute Gasteiger partial charge is 0.328 e. The molecule has 0 radical (unpaired) electrons. The standard InChI is InChI=1S/C15H14ClN3S/c16-14-7-6-12(20-14)9-19-10-18-8-13(19)15(17)11-4-2-1-3-5-11/h1-8,10,15H,9,17H2. The Morgan fingerprint density at radius 2 is 2.00 bits per heavy atom. The highest BCUT2D eigenvalue weighted by Crippen LogP contribution is 2.24. The maximum Gasteiger partial charge on any atom is 0.0952 e. The lowest BCUT2D eigenvalue weighted by molar-refractivity contribution is 0.701. The predicted molar refractivity (Wildman–Crippen MR) is 83.1 cm³/mol. The molecule has 0 saturated heterocycles. The van der Waals surface area contributed by atoms with Crippen molar-refractivity contribution >= 4 is 22.9 Å². The lowest BCUT2D eigenvalue weighted by atomic mass is 10.1. The Bertz CT molecular complexity index is 690. The van der Waals surface area contributed by atoms with Crippen LogP contribution in [0, 0.1) is 0 Å². The number of aromatic nitrogens is 2. The number of halogens is 1. The van der Waals surface area contributed by atoms with Crippen LogP contribution in [0.2, 0.25) is 4.34 Å². The number of nitrogens with two attached hydrogens (primary N) is 1. The van der Waals surface area contributed by atoms with Gasteiger partial charge in [0.05, 0.1) is 35.1 Å². The number of benzene rings is 1. The maximum atomic E-state index is 6.34. The lowest BCUT2D eigenvalue weighted by Crippen LogP contribution is -2.16. The summed E-state index contributed by atoms with van der Waals surface area (Å²) in [7, 11) is 0. The lowest BCUT2D eigenvalue weighted by Gasteiger charge is -2.14. The molecule has 102 valence electrons. The molecule has 1 aromatic carbocycles. The van der Waals surface area contributed by atoms with Crippen molar-refractivity contribution in [3.63, 3.8) is 0 Å². The third-order valence-corrected chi connectivity index (χ3v) is 4.39. The van der Waals surface area contributed by atoms with E-state index < -0.39 is 0 Å². The van der Waals surface area contributed by atoms with E-state index in [-0.39, 0.29) is 6.04 Å². The molecule has 1 atom stereocenters. The van der Waals surface area contributed by atoms with E-state index in [0.717, 1.165) is 22.1 Å². The Kier molecular flexibility index (Phi) is 3.87. The van der Waals surface area contributed by atoms with Gasteiger partial charge in [0.2, 0.25) is 0 Å². The molecular weight excluding hydrogens is 290 g/mol. The normalized spacial score (nSPS) is 12.5. The average molecular weight is 304 g/mol. The molecule has 20 heavy (non-hydrogen) atoms. The van der Waals surface area contributed by atoms with E-state index in [1.54, 1.807) is 11.3 Å². The van der Waals surface area contributed by atoms with E-state index in [4.69, 9.17) is 17.3 Å². The van der Waals surface area contributed by atoms with Crippen molar-refractivity contribution in [2.45, 2.75) is 12.6 Å². The van der Waals surface area contributed by atoms with Gasteiger partial charge in [0.1, 0.15) is 0 Å². The molecule has 3 nitrogen and oxygen atoms in total. The van der Waals surface area contributed by atoms with Crippen LogP contribution < -0.4 is 5.73 Å². The van der Waals surface area contributed by atoms with Gasteiger partial charge >= 0.3 is 0 Å². The van der Waals surface area contributed by atoms with Crippen LogP contribution in [-0.2, 0) is 6.54 Å². The zero-order chi connectivity index (χ0) is 13.9. The summed E-state index contributed by atoms with van der Waals surface area (Å²) >= 11 is 7.55. The van der Waals surface area contributed by atoms with Gasteiger partial charge in [0.15, 0.2) is 0 Å². The van der Waals surface area contributed by atoms with Crippen LogP contribution in [0.4, 0.5) is 0 Å². The minimum Gasteiger partial charge on any atom is -0.328 e. The van der Waals surface area contributed by atoms with E-state index in [0.29, 0.717) is 0 Å². The van der Waals surface area contributed by atoms with Crippen LogP contribution >= 0.6 is 22.9 Å². The van der Waals surface area contributed by atoms with Crippen molar-refractivity contribution in [1.82, 2.24) is 9.55 Å². The molecule has 0 fully saturated rings. The Morgan fingerprint density at radius 1 is 1.20 bits per heavy atom. The first-order valence-corrected chi connectivity index (χ1v) is 7.48. The van der Waals surface area contributed by atoms with Crippen molar-refractivity contribution in [2.75, 3.05) is 0 Å². The molecule has 0 amide bonds. The van der Waals surface area contributed by atoms with Gasteiger partial charge in [-0.05, 0) is 17.7 Å². The van der Waals surface area contributed by atoms with E-state index in [1.807, 2.05) is 55.0 Å². The molecule has 0 aliphatic heterocycles. The third-order valence-electron chi connectivity index (χ3n) is 3.18. The molecule has 3 rings (SSSR count). The predicted octanol–water partition coefficient (Wildman–Crippen LogP) is 3.69. The van der Waals surface area contributed by atoms with Gasteiger partial charge in [-0.3, -0.25) is 0 Å². The van der Waals surface area contributed by atoms with Gasteiger partial charge in [0.25, 0.3) is 0 Å². The molecule has 0 aliphatic carbocycles. The molecule has 2 heterocycles. The molecule has 0 saturated carbocycles. The fraction of sp³-hybridized carbons (Fsp3) is 0.133. The highest BCUT2D eigenvalue weighted by molar-refractivity contribution is 7.16. The number of hydrogen-bond donors (Lipinski definition) is 1. The molecule has 1 unspecified atom stereocenters. The number of imidazole rings is 1. The molecule has 0 bridgehead atoms. The molecule has 0 aliphatic rings. The topological polar surface area (TPSA) is 43.8 Å². The second kappa shape index (κ2) is 5.79. The Labute approximate surface area is 126 Å². The summed E-state index contributed by atoms with van der Waals surface area (Å²) in [6.45, 7) is 0.743. The summed E-state index contributed by atoms with van der Waals surface area (Å²) in [6.07, 6.45) is 3.64. The monoisotopic (exact) mass is 303 g/mol. The quantitative estimate of drug-likeness (QED) is 0.799. The van der Waals surface area contributed by atoms with Gasteiger partial charge in [0, 0.05) is 4.88 Å². The maximum absolute atomic E-state index is 6.34. The van der Waals surface area contributed by atoms with Crippen LogP contribution in [0.3, 0.4) is 0 Å². The van der Waals surface area contributed by atoms with E-state index in [1.165, 1.54) is 4.88 Å². The van der Waals surface area contributed by atoms with Gasteiger partial charge < -0.3 is 10.3 Å². The minimum absolute atomic E-state index is 0.172. The molecular formula is C15H14ClN3S. The first-order valence-electron chi connectivity index (χ1n) is 6.29. The van der Waals surface area contributed by atoms with Gasteiger partial charge in [-0.2, -0.15) is 0 Å². The van der Waals surface area contributed by atoms with Crippen molar-refractivity contribution in [3.05, 3.63) is 75.5 Å². The molecule has 3 aromatic rings. The summed E-state index contributed by atoms with van der Waals surface area (Å²) in [4.78, 5) is 5.42. The van der Waals surface area contributed by atoms with Crippen LogP contribution in [0.5, 0.6) is 0 Å². The fourth-order valence-corrected chi connectivity index (χ4v) is 3.24. The Balaban J connectivity index is 1.86. The summed E-state index contributed by atoms with van der Waals surface area (Å²) in [5, 5.41) is 0. The summed E-state index contributed by atoms with van der Waals surface area (Å²) in [5.74, 6) is 0. The highest BCUT2D eigenvalue weighted by Gasteiger charge is 2.14. The second-order valence-electron chi connectivity index (χ2n) is 4.54. The Morgan fingerprint density at radius 3 is 2.70 bits per heavy atom. The summed E-state index contributed by atoms with van der Waals surface area (Å²) in [6, 6.07) is 13.8. The zero-order valence-electron chi connectivity index (χ0n) is 10.7. The van der Waals surface area contributed by atoms with Crippen LogP contribution in [0.15, 0.2) is 55.0 Å². The fourth-order valence-electron chi connectivity index (χ4n) is 2.16. The molecule has 2 aromatic heterocycles. The minimum atomic E-state index is -0.172. The van der Waals surface area contributed by atoms with Crippen molar-refractivity contribution in [3.8, 4) is 0 Å². The summed E-state index contributed by atoms with van der Waals surface area (Å²) < 4.78 is 2.87. The van der Waals surface area contributed by atoms with Crippen molar-refractivity contribution in [2.24, 2.45) is 5.73 Å². The number of hydrogen-bond acceptors (Lipinski definition) is 3. The smallest absolute Gasteiger partial charge is 0.0952 e. The van der Waals surface area contributed by atoms with Gasteiger partial charge in [-0.25, -0.2) is 4.98 Å². The van der Waals surface area contributed by atoms with E-state index >= 15 is 0 Å². The van der Waals surface area contributed by atoms with E-state index in [9.17, 15) is 0 Å². The average Bonchev–Trinajstić information content (AvgIpc) is 3.09. The van der Waals surface area contributed by atoms with Crippen molar-refractivity contribution in [1.29, 1.82) is 0 Å². The van der Waals surface area contributed by atoms with Crippen LogP contribution in [-0.4, -0.2) is 9.55 Å². The number of thiophene rings is 1. The summed E-state index contributed by atoms with van der Waals surface area (Å²) in [5.41, 5.74) is 8.42. The van der Waals surface area contributed by atoms with Crippen molar-refractivity contribution < 1.29 is 0 Å². The highest BCUT2D eigenvalue weighted by atomic mass is 35.5. The number of nitrogens with zero attached hydrogens (tertiary/aromatic N) is 2. The molecule has 0 spiro atoms. The van der Waals surface area contributed by atoms with E-state index in [2.05, 4.69) is 9.55 Å². The van der Waals surface area contributed by atoms with Gasteiger partial charge in [-0.1, -0.05) is 41.9 Å². The van der Waals surface area contributed by atoms with Gasteiger partial charge in [-0.15, -0.1) is 11.3 Å². The van der Waals surface area contributed by atoms with Crippen LogP contribution in [0.1, 0.15) is 22.2 Å². The zero-order valence-corrected chi connectivity index (χ0v) is 12.3. The SMILES string of the molecule is NC(c1ccccc1)c1cncn1Cc1ccc(Cl)s1. The molecule has 5 heteroatoms. The first kappa shape index (κ1) is 13.4.